The molecule has 0 saturated carbocycles. The maximum atomic E-state index is 10.5. The predicted octanol–water partition coefficient (Wildman–Crippen LogP) is 2.92. The SMILES string of the molecule is C=C(/N=N\C(=C/C)c1ccc(-c2cn[nH]c2)cc1O)N1C[C@H]2CN(CCO)C[C@H]2C1. The number of azo groups is 1. The quantitative estimate of drug-likeness (QED) is 0.612. The molecule has 3 heterocycles. The van der Waals surface area contributed by atoms with Gasteiger partial charge in [-0.1, -0.05) is 18.7 Å². The van der Waals surface area contributed by atoms with Crippen LogP contribution in [0.25, 0.3) is 16.8 Å². The summed E-state index contributed by atoms with van der Waals surface area (Å²) in [6, 6.07) is 5.46. The van der Waals surface area contributed by atoms with Crippen molar-refractivity contribution in [1.29, 1.82) is 0 Å². The van der Waals surface area contributed by atoms with E-state index in [1.165, 1.54) is 0 Å². The third-order valence-electron chi connectivity index (χ3n) is 5.99. The highest BCUT2D eigenvalue weighted by atomic mass is 16.3. The molecule has 2 aromatic rings. The lowest BCUT2D eigenvalue weighted by Crippen LogP contribution is -2.29. The standard InChI is InChI=1S/C22H28N6O2/c1-3-21(20-5-4-16(8-22(20)30)17-9-23-24-10-17)26-25-15(2)28-13-18-11-27(6-7-29)12-19(18)14-28/h3-5,8-10,18-19,29-30H,2,6-7,11-14H2,1H3,(H,23,24)/b21-3-,26-25-/t18-,19+. The van der Waals surface area contributed by atoms with Crippen molar-refractivity contribution in [3.05, 3.63) is 54.6 Å². The fourth-order valence-corrected chi connectivity index (χ4v) is 4.40. The van der Waals surface area contributed by atoms with Crippen LogP contribution in [-0.2, 0) is 0 Å². The highest BCUT2D eigenvalue weighted by molar-refractivity contribution is 5.74. The Hall–Kier alpha value is -2.97. The molecule has 30 heavy (non-hydrogen) atoms. The average molecular weight is 409 g/mol. The molecule has 8 nitrogen and oxygen atoms in total. The molecular weight excluding hydrogens is 380 g/mol. The number of aromatic hydroxyl groups is 1. The molecule has 0 aliphatic carbocycles. The molecule has 0 radical (unpaired) electrons. The molecule has 2 atom stereocenters. The van der Waals surface area contributed by atoms with E-state index in [0.29, 0.717) is 28.9 Å². The minimum atomic E-state index is 0.144. The lowest BCUT2D eigenvalue weighted by molar-refractivity contribution is 0.206. The van der Waals surface area contributed by atoms with E-state index in [1.807, 2.05) is 25.1 Å². The molecule has 2 fully saturated rings. The summed E-state index contributed by atoms with van der Waals surface area (Å²) < 4.78 is 0. The Kier molecular flexibility index (Phi) is 5.96. The van der Waals surface area contributed by atoms with E-state index in [-0.39, 0.29) is 12.4 Å². The molecule has 2 aliphatic rings. The Morgan fingerprint density at radius 3 is 2.60 bits per heavy atom. The minimum absolute atomic E-state index is 0.144. The number of likely N-dealkylation sites (tertiary alicyclic amines) is 2. The first-order valence-electron chi connectivity index (χ1n) is 10.3. The van der Waals surface area contributed by atoms with Gasteiger partial charge in [-0.15, -0.1) is 10.2 Å². The normalized spacial score (nSPS) is 22.2. The molecule has 1 aromatic carbocycles. The number of aliphatic hydroxyl groups excluding tert-OH is 1. The topological polar surface area (TPSA) is 100 Å². The number of phenolic OH excluding ortho intramolecular Hbond substituents is 1. The Bertz CT molecular complexity index is 939. The Morgan fingerprint density at radius 2 is 2.00 bits per heavy atom. The van der Waals surface area contributed by atoms with Crippen LogP contribution in [0.15, 0.2) is 59.3 Å². The number of allylic oxidation sites excluding steroid dienone is 1. The molecule has 0 amide bonds. The van der Waals surface area contributed by atoms with Gasteiger partial charge in [0.25, 0.3) is 0 Å². The Labute approximate surface area is 176 Å². The van der Waals surface area contributed by atoms with E-state index in [1.54, 1.807) is 18.5 Å². The smallest absolute Gasteiger partial charge is 0.143 e. The zero-order valence-corrected chi connectivity index (χ0v) is 17.2. The number of fused-ring (bicyclic) bond motifs is 1. The second-order valence-electron chi connectivity index (χ2n) is 7.92. The van der Waals surface area contributed by atoms with E-state index in [2.05, 4.69) is 36.8 Å². The van der Waals surface area contributed by atoms with Crippen molar-refractivity contribution in [3.63, 3.8) is 0 Å². The van der Waals surface area contributed by atoms with Gasteiger partial charge in [0, 0.05) is 50.0 Å². The van der Waals surface area contributed by atoms with Crippen LogP contribution < -0.4 is 0 Å². The predicted molar refractivity (Wildman–Crippen MR) is 115 cm³/mol. The number of benzene rings is 1. The molecule has 2 saturated heterocycles. The van der Waals surface area contributed by atoms with E-state index in [0.717, 1.165) is 43.9 Å². The van der Waals surface area contributed by atoms with Crippen molar-refractivity contribution in [2.24, 2.45) is 22.1 Å². The largest absolute Gasteiger partial charge is 0.507 e. The number of hydrogen-bond acceptors (Lipinski definition) is 7. The average Bonchev–Trinajstić information content (AvgIpc) is 3.46. The second kappa shape index (κ2) is 8.81. The van der Waals surface area contributed by atoms with E-state index in [9.17, 15) is 5.11 Å². The number of aliphatic hydroxyl groups is 1. The van der Waals surface area contributed by atoms with Crippen LogP contribution in [0.4, 0.5) is 0 Å². The summed E-state index contributed by atoms with van der Waals surface area (Å²) in [4.78, 5) is 4.51. The fourth-order valence-electron chi connectivity index (χ4n) is 4.40. The molecule has 0 spiro atoms. The van der Waals surface area contributed by atoms with E-state index < -0.39 is 0 Å². The van der Waals surface area contributed by atoms with Gasteiger partial charge < -0.3 is 20.0 Å². The molecular formula is C22H28N6O2. The lowest BCUT2D eigenvalue weighted by Gasteiger charge is -2.21. The summed E-state index contributed by atoms with van der Waals surface area (Å²) in [5.41, 5.74) is 3.01. The number of β-amino-alcohol motifs (C(OH)–C–C–N with tert-alkyl or cyclic N) is 1. The number of H-pyrrole nitrogens is 1. The zero-order valence-electron chi connectivity index (χ0n) is 17.2. The van der Waals surface area contributed by atoms with Crippen molar-refractivity contribution < 1.29 is 10.2 Å². The number of aromatic amines is 1. The molecule has 0 unspecified atom stereocenters. The van der Waals surface area contributed by atoms with Gasteiger partial charge in [0.2, 0.25) is 0 Å². The van der Waals surface area contributed by atoms with E-state index >= 15 is 0 Å². The first-order chi connectivity index (χ1) is 14.6. The molecule has 2 aliphatic heterocycles. The van der Waals surface area contributed by atoms with Crippen molar-refractivity contribution >= 4 is 5.70 Å². The summed E-state index contributed by atoms with van der Waals surface area (Å²) in [6.07, 6.45) is 5.32. The summed E-state index contributed by atoms with van der Waals surface area (Å²) >= 11 is 0. The molecule has 4 rings (SSSR count). The van der Waals surface area contributed by atoms with Gasteiger partial charge in [0.1, 0.15) is 11.6 Å². The van der Waals surface area contributed by atoms with Crippen molar-refractivity contribution in [2.75, 3.05) is 39.3 Å². The highest BCUT2D eigenvalue weighted by Gasteiger charge is 2.40. The Balaban J connectivity index is 1.40. The summed E-state index contributed by atoms with van der Waals surface area (Å²) in [5, 5.41) is 35.1. The third kappa shape index (κ3) is 4.15. The number of aromatic nitrogens is 2. The highest BCUT2D eigenvalue weighted by Crippen LogP contribution is 2.34. The van der Waals surface area contributed by atoms with Crippen molar-refractivity contribution in [3.8, 4) is 16.9 Å². The Morgan fingerprint density at radius 1 is 1.23 bits per heavy atom. The fraction of sp³-hybridized carbons (Fsp3) is 0.409. The van der Waals surface area contributed by atoms with Gasteiger partial charge in [-0.2, -0.15) is 5.10 Å². The zero-order chi connectivity index (χ0) is 21.1. The number of phenols is 1. The maximum absolute atomic E-state index is 10.5. The number of nitrogens with one attached hydrogen (secondary N) is 1. The van der Waals surface area contributed by atoms with Gasteiger partial charge in [-0.25, -0.2) is 0 Å². The van der Waals surface area contributed by atoms with Crippen LogP contribution in [0.1, 0.15) is 12.5 Å². The van der Waals surface area contributed by atoms with Crippen molar-refractivity contribution in [2.45, 2.75) is 6.92 Å². The molecule has 0 bridgehead atoms. The molecule has 3 N–H and O–H groups in total. The second-order valence-corrected chi connectivity index (χ2v) is 7.92. The van der Waals surface area contributed by atoms with Gasteiger partial charge in [-0.05, 0) is 36.5 Å². The van der Waals surface area contributed by atoms with Crippen molar-refractivity contribution in [1.82, 2.24) is 20.0 Å². The number of rotatable bonds is 7. The minimum Gasteiger partial charge on any atom is -0.507 e. The first kappa shape index (κ1) is 20.3. The van der Waals surface area contributed by atoms with Gasteiger partial charge in [0.05, 0.1) is 18.5 Å². The van der Waals surface area contributed by atoms with Crippen LogP contribution in [-0.4, -0.2) is 69.5 Å². The molecule has 158 valence electrons. The van der Waals surface area contributed by atoms with Gasteiger partial charge >= 0.3 is 0 Å². The van der Waals surface area contributed by atoms with E-state index in [4.69, 9.17) is 5.11 Å². The first-order valence-corrected chi connectivity index (χ1v) is 10.3. The lowest BCUT2D eigenvalue weighted by atomic mass is 10.0. The molecule has 1 aromatic heterocycles. The summed E-state index contributed by atoms with van der Waals surface area (Å²) in [7, 11) is 0. The van der Waals surface area contributed by atoms with Crippen LogP contribution in [0.2, 0.25) is 0 Å². The monoisotopic (exact) mass is 408 g/mol. The maximum Gasteiger partial charge on any atom is 0.143 e. The van der Waals surface area contributed by atoms with Crippen LogP contribution in [0, 0.1) is 11.8 Å². The molecule has 8 heteroatoms. The third-order valence-corrected chi connectivity index (χ3v) is 5.99. The van der Waals surface area contributed by atoms with Crippen LogP contribution >= 0.6 is 0 Å². The van der Waals surface area contributed by atoms with Gasteiger partial charge in [0.15, 0.2) is 0 Å². The van der Waals surface area contributed by atoms with Crippen LogP contribution in [0.3, 0.4) is 0 Å². The number of nitrogens with zero attached hydrogens (tertiary/aromatic N) is 5. The number of hydrogen-bond donors (Lipinski definition) is 3. The van der Waals surface area contributed by atoms with Crippen LogP contribution in [0.5, 0.6) is 5.75 Å². The van der Waals surface area contributed by atoms with Gasteiger partial charge in [-0.3, -0.25) is 5.10 Å². The summed E-state index contributed by atoms with van der Waals surface area (Å²) in [5.74, 6) is 1.96. The summed E-state index contributed by atoms with van der Waals surface area (Å²) in [6.45, 7) is 10.8.